The predicted molar refractivity (Wildman–Crippen MR) is 113 cm³/mol. The van der Waals surface area contributed by atoms with Gasteiger partial charge in [-0.25, -0.2) is 5.10 Å². The zero-order valence-corrected chi connectivity index (χ0v) is 16.6. The van der Waals surface area contributed by atoms with Crippen LogP contribution in [0.25, 0.3) is 22.8 Å². The van der Waals surface area contributed by atoms with Gasteiger partial charge in [0.25, 0.3) is 0 Å². The molecule has 2 aromatic carbocycles. The van der Waals surface area contributed by atoms with Crippen LogP contribution in [0.1, 0.15) is 5.56 Å². The molecule has 4 aromatic rings. The second-order valence-corrected chi connectivity index (χ2v) is 6.44. The molecule has 0 atom stereocenters. The van der Waals surface area contributed by atoms with E-state index in [-0.39, 0.29) is 0 Å². The van der Waals surface area contributed by atoms with E-state index in [2.05, 4.69) is 25.5 Å². The summed E-state index contributed by atoms with van der Waals surface area (Å²) >= 11 is 5.34. The van der Waals surface area contributed by atoms with Crippen LogP contribution in [0.3, 0.4) is 0 Å². The Balaban J connectivity index is 1.70. The fraction of sp³-hybridized carbons (Fsp3) is 0.100. The molecular weight excluding hydrogens is 388 g/mol. The van der Waals surface area contributed by atoms with Crippen molar-refractivity contribution < 1.29 is 9.47 Å². The number of methoxy groups -OCH3 is 2. The Hall–Kier alpha value is -3.72. The molecule has 0 aliphatic carbocycles. The van der Waals surface area contributed by atoms with Gasteiger partial charge in [-0.05, 0) is 36.5 Å². The normalized spacial score (nSPS) is 11.1. The first-order chi connectivity index (χ1) is 14.2. The van der Waals surface area contributed by atoms with Crippen LogP contribution in [0.4, 0.5) is 0 Å². The van der Waals surface area contributed by atoms with E-state index in [1.807, 2.05) is 54.6 Å². The summed E-state index contributed by atoms with van der Waals surface area (Å²) in [5, 5.41) is 18.9. The molecular formula is C20H18N6O2S. The van der Waals surface area contributed by atoms with Gasteiger partial charge < -0.3 is 9.47 Å². The second-order valence-electron chi connectivity index (χ2n) is 6.05. The highest BCUT2D eigenvalue weighted by atomic mass is 32.1. The predicted octanol–water partition coefficient (Wildman–Crippen LogP) is 3.90. The van der Waals surface area contributed by atoms with Crippen LogP contribution in [0, 0.1) is 4.77 Å². The standard InChI is InChI=1S/C20H18N6O2S/c1-27-15-8-9-18(28-2)14(10-15)12-21-26-19(24-25-20(26)29)17-11-16(22-23-17)13-6-4-3-5-7-13/h3-12H,1-2H3,(H,22,23)(H,25,29)/b21-12+. The lowest BCUT2D eigenvalue weighted by molar-refractivity contribution is 0.402. The van der Waals surface area contributed by atoms with Crippen LogP contribution in [0.5, 0.6) is 11.5 Å². The summed E-state index contributed by atoms with van der Waals surface area (Å²) in [6.07, 6.45) is 1.64. The van der Waals surface area contributed by atoms with E-state index < -0.39 is 0 Å². The summed E-state index contributed by atoms with van der Waals surface area (Å²) in [7, 11) is 3.21. The Labute approximate surface area is 171 Å². The fourth-order valence-corrected chi connectivity index (χ4v) is 3.01. The van der Waals surface area contributed by atoms with Crippen molar-refractivity contribution in [2.45, 2.75) is 0 Å². The minimum atomic E-state index is 0.356. The lowest BCUT2D eigenvalue weighted by Gasteiger charge is -2.06. The van der Waals surface area contributed by atoms with E-state index in [1.54, 1.807) is 20.4 Å². The van der Waals surface area contributed by atoms with Crippen LogP contribution in [0.15, 0.2) is 59.7 Å². The molecule has 2 aromatic heterocycles. The molecule has 0 aliphatic heterocycles. The van der Waals surface area contributed by atoms with Crippen LogP contribution in [0.2, 0.25) is 0 Å². The van der Waals surface area contributed by atoms with Crippen molar-refractivity contribution in [1.29, 1.82) is 0 Å². The third-order valence-electron chi connectivity index (χ3n) is 4.29. The monoisotopic (exact) mass is 406 g/mol. The van der Waals surface area contributed by atoms with Gasteiger partial charge in [-0.1, -0.05) is 30.3 Å². The van der Waals surface area contributed by atoms with E-state index in [1.165, 1.54) is 4.68 Å². The molecule has 8 nitrogen and oxygen atoms in total. The van der Waals surface area contributed by atoms with Gasteiger partial charge in [-0.2, -0.15) is 20.0 Å². The Morgan fingerprint density at radius 3 is 2.59 bits per heavy atom. The average molecular weight is 406 g/mol. The van der Waals surface area contributed by atoms with E-state index >= 15 is 0 Å². The first-order valence-electron chi connectivity index (χ1n) is 8.74. The number of aromatic amines is 2. The third-order valence-corrected chi connectivity index (χ3v) is 4.55. The minimum Gasteiger partial charge on any atom is -0.497 e. The first kappa shape index (κ1) is 18.6. The number of nitrogens with one attached hydrogen (secondary N) is 2. The fourth-order valence-electron chi connectivity index (χ4n) is 2.83. The van der Waals surface area contributed by atoms with Gasteiger partial charge in [0.1, 0.15) is 17.2 Å². The molecule has 0 saturated carbocycles. The summed E-state index contributed by atoms with van der Waals surface area (Å²) in [5.74, 6) is 1.88. The smallest absolute Gasteiger partial charge is 0.216 e. The summed E-state index contributed by atoms with van der Waals surface area (Å²) in [6, 6.07) is 17.2. The van der Waals surface area contributed by atoms with Crippen LogP contribution < -0.4 is 9.47 Å². The average Bonchev–Trinajstić information content (AvgIpc) is 3.39. The van der Waals surface area contributed by atoms with Gasteiger partial charge in [-0.15, -0.1) is 0 Å². The van der Waals surface area contributed by atoms with Crippen LogP contribution in [-0.2, 0) is 0 Å². The highest BCUT2D eigenvalue weighted by Gasteiger charge is 2.13. The van der Waals surface area contributed by atoms with Crippen molar-refractivity contribution in [1.82, 2.24) is 25.1 Å². The van der Waals surface area contributed by atoms with E-state index in [0.717, 1.165) is 16.8 Å². The lowest BCUT2D eigenvalue weighted by atomic mass is 10.1. The van der Waals surface area contributed by atoms with E-state index in [9.17, 15) is 0 Å². The Kier molecular flexibility index (Phi) is 5.21. The van der Waals surface area contributed by atoms with Gasteiger partial charge in [0.2, 0.25) is 10.6 Å². The van der Waals surface area contributed by atoms with Gasteiger partial charge in [0.15, 0.2) is 0 Å². The largest absolute Gasteiger partial charge is 0.497 e. The molecule has 2 heterocycles. The number of hydrogen-bond donors (Lipinski definition) is 2. The number of aromatic nitrogens is 5. The zero-order valence-electron chi connectivity index (χ0n) is 15.8. The number of benzene rings is 2. The molecule has 2 N–H and O–H groups in total. The molecule has 0 amide bonds. The molecule has 0 saturated heterocycles. The summed E-state index contributed by atoms with van der Waals surface area (Å²) in [4.78, 5) is 0. The number of H-pyrrole nitrogens is 2. The van der Waals surface area contributed by atoms with Crippen molar-refractivity contribution in [3.63, 3.8) is 0 Å². The molecule has 146 valence electrons. The Bertz CT molecular complexity index is 1210. The van der Waals surface area contributed by atoms with Gasteiger partial charge in [0.05, 0.1) is 26.1 Å². The quantitative estimate of drug-likeness (QED) is 0.374. The maximum Gasteiger partial charge on any atom is 0.216 e. The topological polar surface area (TPSA) is 93.1 Å². The Morgan fingerprint density at radius 2 is 1.83 bits per heavy atom. The number of hydrogen-bond acceptors (Lipinski definition) is 6. The molecule has 0 fully saturated rings. The summed E-state index contributed by atoms with van der Waals surface area (Å²) < 4.78 is 12.5. The summed E-state index contributed by atoms with van der Waals surface area (Å²) in [5.41, 5.74) is 3.24. The van der Waals surface area contributed by atoms with Crippen molar-refractivity contribution in [3.8, 4) is 34.3 Å². The lowest BCUT2D eigenvalue weighted by Crippen LogP contribution is -1.97. The van der Waals surface area contributed by atoms with Gasteiger partial charge >= 0.3 is 0 Å². The maximum atomic E-state index is 5.39. The molecule has 29 heavy (non-hydrogen) atoms. The molecule has 0 bridgehead atoms. The second kappa shape index (κ2) is 8.11. The molecule has 4 rings (SSSR count). The van der Waals surface area contributed by atoms with Crippen molar-refractivity contribution >= 4 is 18.4 Å². The number of rotatable bonds is 6. The molecule has 0 spiro atoms. The van der Waals surface area contributed by atoms with Gasteiger partial charge in [0, 0.05) is 11.1 Å². The SMILES string of the molecule is COc1ccc(OC)c(/C=N/n2c(-c3cc(-c4ccccc4)n[nH]3)n[nH]c2=S)c1. The van der Waals surface area contributed by atoms with Crippen molar-refractivity contribution in [3.05, 3.63) is 64.9 Å². The van der Waals surface area contributed by atoms with Gasteiger partial charge in [-0.3, -0.25) is 5.10 Å². The van der Waals surface area contributed by atoms with Crippen molar-refractivity contribution in [2.24, 2.45) is 5.10 Å². The highest BCUT2D eigenvalue weighted by molar-refractivity contribution is 7.71. The third kappa shape index (κ3) is 3.81. The molecule has 0 radical (unpaired) electrons. The minimum absolute atomic E-state index is 0.356. The molecule has 9 heteroatoms. The number of ether oxygens (including phenoxy) is 2. The van der Waals surface area contributed by atoms with Crippen LogP contribution >= 0.6 is 12.2 Å². The zero-order chi connectivity index (χ0) is 20.2. The molecule has 0 unspecified atom stereocenters. The van der Waals surface area contributed by atoms with E-state index in [4.69, 9.17) is 21.7 Å². The number of nitrogens with zero attached hydrogens (tertiary/aromatic N) is 4. The van der Waals surface area contributed by atoms with E-state index in [0.29, 0.717) is 27.8 Å². The Morgan fingerprint density at radius 1 is 1.00 bits per heavy atom. The maximum absolute atomic E-state index is 5.39. The first-order valence-corrected chi connectivity index (χ1v) is 9.15. The highest BCUT2D eigenvalue weighted by Crippen LogP contribution is 2.24. The van der Waals surface area contributed by atoms with Crippen LogP contribution in [-0.4, -0.2) is 45.5 Å². The summed E-state index contributed by atoms with van der Waals surface area (Å²) in [6.45, 7) is 0. The molecule has 0 aliphatic rings. The van der Waals surface area contributed by atoms with Crippen molar-refractivity contribution in [2.75, 3.05) is 14.2 Å².